The van der Waals surface area contributed by atoms with Crippen molar-refractivity contribution in [3.05, 3.63) is 65.2 Å². The van der Waals surface area contributed by atoms with Crippen molar-refractivity contribution in [2.45, 2.75) is 19.3 Å². The summed E-state index contributed by atoms with van der Waals surface area (Å²) in [6.45, 7) is 4.27. The second kappa shape index (κ2) is 6.45. The SMILES string of the molecule is CN(C)c1ccc(C=CC2=[N+](C)c3ccc(C(=O)O)cc3C2(C)C)cc1. The zero-order valence-electron chi connectivity index (χ0n) is 15.9. The third-order valence-electron chi connectivity index (χ3n) is 5.12. The standard InChI is InChI=1S/C22H24N2O2/c1-22(2)18-14-16(21(25)26)9-12-19(18)24(5)20(22)13-8-15-6-10-17(11-7-15)23(3)4/h6-14H,1-5H3/p+1. The van der Waals surface area contributed by atoms with Crippen molar-refractivity contribution in [2.75, 3.05) is 26.0 Å². The van der Waals surface area contributed by atoms with Crippen molar-refractivity contribution >= 4 is 29.1 Å². The van der Waals surface area contributed by atoms with Crippen LogP contribution in [0.15, 0.2) is 48.5 Å². The molecule has 0 saturated carbocycles. The summed E-state index contributed by atoms with van der Waals surface area (Å²) in [6.07, 6.45) is 4.24. The van der Waals surface area contributed by atoms with Gasteiger partial charge >= 0.3 is 5.97 Å². The van der Waals surface area contributed by atoms with E-state index >= 15 is 0 Å². The fourth-order valence-electron chi connectivity index (χ4n) is 3.53. The number of aromatic carboxylic acids is 1. The number of benzene rings is 2. The molecule has 1 aliphatic rings. The Morgan fingerprint density at radius 3 is 2.31 bits per heavy atom. The van der Waals surface area contributed by atoms with Crippen molar-refractivity contribution in [2.24, 2.45) is 0 Å². The van der Waals surface area contributed by atoms with E-state index in [1.165, 1.54) is 5.69 Å². The molecule has 0 amide bonds. The highest BCUT2D eigenvalue weighted by molar-refractivity contribution is 6.05. The van der Waals surface area contributed by atoms with Crippen molar-refractivity contribution in [1.82, 2.24) is 0 Å². The lowest BCUT2D eigenvalue weighted by Gasteiger charge is -2.16. The molecule has 0 bridgehead atoms. The first kappa shape index (κ1) is 17.9. The zero-order chi connectivity index (χ0) is 19.1. The molecule has 0 fully saturated rings. The fraction of sp³-hybridized carbons (Fsp3) is 0.273. The van der Waals surface area contributed by atoms with E-state index in [-0.39, 0.29) is 5.41 Å². The highest BCUT2D eigenvalue weighted by Gasteiger charge is 2.43. The lowest BCUT2D eigenvalue weighted by Crippen LogP contribution is -2.26. The number of fused-ring (bicyclic) bond motifs is 1. The topological polar surface area (TPSA) is 43.5 Å². The molecule has 4 heteroatoms. The minimum absolute atomic E-state index is 0.254. The summed E-state index contributed by atoms with van der Waals surface area (Å²) in [5.74, 6) is -0.892. The first-order valence-corrected chi connectivity index (χ1v) is 8.66. The summed E-state index contributed by atoms with van der Waals surface area (Å²) < 4.78 is 2.14. The van der Waals surface area contributed by atoms with E-state index in [0.717, 1.165) is 22.5 Å². The van der Waals surface area contributed by atoms with Gasteiger partial charge in [0.1, 0.15) is 7.05 Å². The van der Waals surface area contributed by atoms with Crippen LogP contribution in [-0.2, 0) is 5.41 Å². The first-order valence-electron chi connectivity index (χ1n) is 8.66. The number of carbonyl (C=O) groups is 1. The average Bonchev–Trinajstić information content (AvgIpc) is 2.79. The third-order valence-corrected chi connectivity index (χ3v) is 5.12. The van der Waals surface area contributed by atoms with E-state index in [2.05, 4.69) is 59.7 Å². The Hall–Kier alpha value is -2.88. The van der Waals surface area contributed by atoms with Crippen molar-refractivity contribution in [1.29, 1.82) is 0 Å². The Bertz CT molecular complexity index is 920. The van der Waals surface area contributed by atoms with Crippen LogP contribution < -0.4 is 4.90 Å². The smallest absolute Gasteiger partial charge is 0.335 e. The maximum atomic E-state index is 11.3. The van der Waals surface area contributed by atoms with E-state index in [9.17, 15) is 9.90 Å². The monoisotopic (exact) mass is 349 g/mol. The summed E-state index contributed by atoms with van der Waals surface area (Å²) in [5.41, 5.74) is 5.62. The van der Waals surface area contributed by atoms with Gasteiger partial charge in [-0.3, -0.25) is 0 Å². The molecule has 0 saturated heterocycles. The van der Waals surface area contributed by atoms with Crippen molar-refractivity contribution in [3.63, 3.8) is 0 Å². The molecule has 4 nitrogen and oxygen atoms in total. The largest absolute Gasteiger partial charge is 0.478 e. The van der Waals surface area contributed by atoms with Gasteiger partial charge in [0.25, 0.3) is 0 Å². The molecule has 26 heavy (non-hydrogen) atoms. The molecule has 1 heterocycles. The average molecular weight is 349 g/mol. The number of nitrogens with zero attached hydrogens (tertiary/aromatic N) is 2. The highest BCUT2D eigenvalue weighted by atomic mass is 16.4. The number of rotatable bonds is 4. The normalized spacial score (nSPS) is 15.4. The fourth-order valence-corrected chi connectivity index (χ4v) is 3.53. The van der Waals surface area contributed by atoms with Crippen LogP contribution in [0.2, 0.25) is 0 Å². The van der Waals surface area contributed by atoms with Gasteiger partial charge in [-0.1, -0.05) is 12.1 Å². The Kier molecular flexibility index (Phi) is 4.45. The molecule has 2 aromatic carbocycles. The number of hydrogen-bond donors (Lipinski definition) is 1. The zero-order valence-corrected chi connectivity index (χ0v) is 15.9. The Labute approximate surface area is 154 Å². The summed E-state index contributed by atoms with van der Waals surface area (Å²) in [7, 11) is 6.08. The predicted octanol–water partition coefficient (Wildman–Crippen LogP) is 4.17. The molecule has 0 unspecified atom stereocenters. The van der Waals surface area contributed by atoms with E-state index in [1.54, 1.807) is 12.1 Å². The van der Waals surface area contributed by atoms with Gasteiger partial charge < -0.3 is 10.0 Å². The van der Waals surface area contributed by atoms with Crippen LogP contribution >= 0.6 is 0 Å². The maximum Gasteiger partial charge on any atom is 0.335 e. The van der Waals surface area contributed by atoms with Crippen LogP contribution in [0.4, 0.5) is 11.4 Å². The number of allylic oxidation sites excluding steroid dienone is 1. The minimum Gasteiger partial charge on any atom is -0.478 e. The van der Waals surface area contributed by atoms with E-state index in [1.807, 2.05) is 27.2 Å². The molecule has 0 atom stereocenters. The molecule has 0 aliphatic carbocycles. The molecule has 0 aromatic heterocycles. The van der Waals surface area contributed by atoms with Crippen molar-refractivity contribution in [3.8, 4) is 0 Å². The molecule has 0 radical (unpaired) electrons. The van der Waals surface area contributed by atoms with Crippen molar-refractivity contribution < 1.29 is 14.5 Å². The lowest BCUT2D eigenvalue weighted by molar-refractivity contribution is -0.401. The summed E-state index contributed by atoms with van der Waals surface area (Å²) in [5, 5.41) is 9.29. The van der Waals surface area contributed by atoms with Gasteiger partial charge in [0.05, 0.1) is 11.0 Å². The molecule has 3 rings (SSSR count). The third kappa shape index (κ3) is 3.03. The van der Waals surface area contributed by atoms with Crippen LogP contribution in [0.5, 0.6) is 0 Å². The van der Waals surface area contributed by atoms with E-state index in [0.29, 0.717) is 5.56 Å². The quantitative estimate of drug-likeness (QED) is 0.843. The number of anilines is 1. The summed E-state index contributed by atoms with van der Waals surface area (Å²) in [4.78, 5) is 13.4. The van der Waals surface area contributed by atoms with Gasteiger partial charge in [-0.25, -0.2) is 4.79 Å². The second-order valence-electron chi connectivity index (χ2n) is 7.43. The van der Waals surface area contributed by atoms with Gasteiger partial charge in [0, 0.05) is 37.5 Å². The van der Waals surface area contributed by atoms with Gasteiger partial charge in [0.15, 0.2) is 5.71 Å². The van der Waals surface area contributed by atoms with Crippen LogP contribution in [0.25, 0.3) is 6.08 Å². The van der Waals surface area contributed by atoms with Gasteiger partial charge in [-0.2, -0.15) is 4.58 Å². The number of hydrogen-bond acceptors (Lipinski definition) is 2. The molecule has 1 N–H and O–H groups in total. The first-order chi connectivity index (χ1) is 12.2. The molecular formula is C22H25N2O2+. The minimum atomic E-state index is -0.892. The molecule has 1 aliphatic heterocycles. The highest BCUT2D eigenvalue weighted by Crippen LogP contribution is 2.40. The van der Waals surface area contributed by atoms with Gasteiger partial charge in [0.2, 0.25) is 5.69 Å². The summed E-state index contributed by atoms with van der Waals surface area (Å²) in [6, 6.07) is 13.8. The van der Waals surface area contributed by atoms with E-state index in [4.69, 9.17) is 0 Å². The Balaban J connectivity index is 1.95. The van der Waals surface area contributed by atoms with Crippen LogP contribution in [-0.4, -0.2) is 42.5 Å². The molecule has 134 valence electrons. The van der Waals surface area contributed by atoms with Crippen LogP contribution in [0.3, 0.4) is 0 Å². The Morgan fingerprint density at radius 2 is 1.73 bits per heavy atom. The van der Waals surface area contributed by atoms with Gasteiger partial charge in [-0.15, -0.1) is 0 Å². The van der Waals surface area contributed by atoms with Crippen LogP contribution in [0, 0.1) is 0 Å². The predicted molar refractivity (Wildman–Crippen MR) is 107 cm³/mol. The molecule has 0 spiro atoms. The van der Waals surface area contributed by atoms with E-state index < -0.39 is 5.97 Å². The Morgan fingerprint density at radius 1 is 1.08 bits per heavy atom. The molecular weight excluding hydrogens is 324 g/mol. The number of carboxylic acid groups (broad SMARTS) is 1. The van der Waals surface area contributed by atoms with Crippen LogP contribution in [0.1, 0.15) is 35.3 Å². The second-order valence-corrected chi connectivity index (χ2v) is 7.43. The van der Waals surface area contributed by atoms with Gasteiger partial charge in [-0.05, 0) is 49.8 Å². The maximum absolute atomic E-state index is 11.3. The summed E-state index contributed by atoms with van der Waals surface area (Å²) >= 11 is 0. The lowest BCUT2D eigenvalue weighted by atomic mass is 9.80. The number of carboxylic acids is 1. The molecule has 2 aromatic rings.